The monoisotopic (exact) mass is 304 g/mol. The fourth-order valence-electron chi connectivity index (χ4n) is 1.95. The van der Waals surface area contributed by atoms with Gasteiger partial charge in [-0.3, -0.25) is 14.5 Å². The second-order valence-corrected chi connectivity index (χ2v) is 5.70. The lowest BCUT2D eigenvalue weighted by Gasteiger charge is -2.09. The molecular weight excluding hydrogens is 284 g/mol. The zero-order valence-electron chi connectivity index (χ0n) is 12.3. The molecule has 0 aliphatic carbocycles. The molecule has 2 rings (SSSR count). The number of aromatic amines is 1. The van der Waals surface area contributed by atoms with Crippen molar-refractivity contribution in [3.63, 3.8) is 0 Å². The van der Waals surface area contributed by atoms with E-state index >= 15 is 0 Å². The number of carbonyl (C=O) groups is 1. The molecule has 0 saturated carbocycles. The molecule has 2 aromatic rings. The van der Waals surface area contributed by atoms with Crippen molar-refractivity contribution in [1.82, 2.24) is 20.1 Å². The van der Waals surface area contributed by atoms with Crippen molar-refractivity contribution < 1.29 is 4.79 Å². The van der Waals surface area contributed by atoms with Crippen LogP contribution < -0.4 is 5.32 Å². The lowest BCUT2D eigenvalue weighted by atomic mass is 10.2. The molecule has 0 aliphatic heterocycles. The molecule has 0 fully saturated rings. The number of aromatic nitrogens is 3. The second-order valence-electron chi connectivity index (χ2n) is 5.32. The zero-order chi connectivity index (χ0) is 15.2. The predicted molar refractivity (Wildman–Crippen MR) is 85.3 cm³/mol. The molecular formula is C15H20N4OS. The van der Waals surface area contributed by atoms with E-state index < -0.39 is 0 Å². The van der Waals surface area contributed by atoms with Gasteiger partial charge in [-0.15, -0.1) is 0 Å². The van der Waals surface area contributed by atoms with Gasteiger partial charge in [-0.2, -0.15) is 5.10 Å². The summed E-state index contributed by atoms with van der Waals surface area (Å²) < 4.78 is 2.39. The molecule has 1 heterocycles. The van der Waals surface area contributed by atoms with Crippen molar-refractivity contribution in [2.24, 2.45) is 5.92 Å². The van der Waals surface area contributed by atoms with Gasteiger partial charge in [0.2, 0.25) is 5.91 Å². The van der Waals surface area contributed by atoms with E-state index in [2.05, 4.69) is 29.4 Å². The van der Waals surface area contributed by atoms with Crippen molar-refractivity contribution >= 4 is 18.1 Å². The average Bonchev–Trinajstić information content (AvgIpc) is 2.85. The number of nitrogens with zero attached hydrogens (tertiary/aromatic N) is 2. The fourth-order valence-corrected chi connectivity index (χ4v) is 2.18. The molecule has 0 saturated heterocycles. The summed E-state index contributed by atoms with van der Waals surface area (Å²) in [6, 6.07) is 9.80. The van der Waals surface area contributed by atoms with Crippen LogP contribution in [0.5, 0.6) is 0 Å². The van der Waals surface area contributed by atoms with E-state index in [0.29, 0.717) is 30.2 Å². The van der Waals surface area contributed by atoms with Gasteiger partial charge in [0.1, 0.15) is 0 Å². The standard InChI is InChI=1S/C15H20N4OS/c1-11(2)10-16-13(20)8-9-19-14(17-18-15(19)21)12-6-4-3-5-7-12/h3-7,11H,8-10H2,1-2H3,(H,16,20)(H,18,21). The number of carbonyl (C=O) groups excluding carboxylic acids is 1. The van der Waals surface area contributed by atoms with Crippen molar-refractivity contribution in [3.05, 3.63) is 35.1 Å². The summed E-state index contributed by atoms with van der Waals surface area (Å²) in [6.45, 7) is 5.35. The van der Waals surface area contributed by atoms with Crippen LogP contribution in [0.15, 0.2) is 30.3 Å². The molecule has 112 valence electrons. The number of hydrogen-bond donors (Lipinski definition) is 2. The molecule has 0 spiro atoms. The van der Waals surface area contributed by atoms with Gasteiger partial charge in [0.05, 0.1) is 0 Å². The van der Waals surface area contributed by atoms with E-state index in [1.807, 2.05) is 34.9 Å². The maximum Gasteiger partial charge on any atom is 0.221 e. The maximum absolute atomic E-state index is 11.8. The van der Waals surface area contributed by atoms with Gasteiger partial charge in [0, 0.05) is 25.1 Å². The van der Waals surface area contributed by atoms with Gasteiger partial charge in [0.25, 0.3) is 0 Å². The molecule has 1 aromatic heterocycles. The van der Waals surface area contributed by atoms with Crippen LogP contribution in [0.25, 0.3) is 11.4 Å². The largest absolute Gasteiger partial charge is 0.356 e. The third-order valence-corrected chi connectivity index (χ3v) is 3.37. The predicted octanol–water partition coefficient (Wildman–Crippen LogP) is 2.77. The first-order valence-corrected chi connectivity index (χ1v) is 7.46. The third-order valence-electron chi connectivity index (χ3n) is 3.06. The maximum atomic E-state index is 11.8. The highest BCUT2D eigenvalue weighted by atomic mass is 32.1. The molecule has 0 bridgehead atoms. The van der Waals surface area contributed by atoms with Gasteiger partial charge >= 0.3 is 0 Å². The summed E-state index contributed by atoms with van der Waals surface area (Å²) in [7, 11) is 0. The molecule has 1 amide bonds. The number of benzene rings is 1. The second kappa shape index (κ2) is 7.17. The van der Waals surface area contributed by atoms with Crippen LogP contribution in [0.4, 0.5) is 0 Å². The minimum absolute atomic E-state index is 0.0332. The van der Waals surface area contributed by atoms with Gasteiger partial charge < -0.3 is 5.32 Å². The highest BCUT2D eigenvalue weighted by Crippen LogP contribution is 2.16. The number of nitrogens with one attached hydrogen (secondary N) is 2. The number of amides is 1. The average molecular weight is 304 g/mol. The Kier molecular flexibility index (Phi) is 5.27. The summed E-state index contributed by atoms with van der Waals surface area (Å²) >= 11 is 5.24. The van der Waals surface area contributed by atoms with Crippen LogP contribution in [-0.2, 0) is 11.3 Å². The lowest BCUT2D eigenvalue weighted by Crippen LogP contribution is -2.28. The summed E-state index contributed by atoms with van der Waals surface area (Å²) in [4.78, 5) is 11.8. The van der Waals surface area contributed by atoms with E-state index in [1.54, 1.807) is 0 Å². The van der Waals surface area contributed by atoms with Gasteiger partial charge in [-0.05, 0) is 18.1 Å². The van der Waals surface area contributed by atoms with Crippen LogP contribution in [0, 0.1) is 10.7 Å². The number of hydrogen-bond acceptors (Lipinski definition) is 3. The molecule has 1 aromatic carbocycles. The molecule has 6 heteroatoms. The minimum Gasteiger partial charge on any atom is -0.356 e. The first-order valence-electron chi connectivity index (χ1n) is 7.05. The molecule has 0 radical (unpaired) electrons. The van der Waals surface area contributed by atoms with E-state index in [4.69, 9.17) is 12.2 Å². The third kappa shape index (κ3) is 4.26. The zero-order valence-corrected chi connectivity index (χ0v) is 13.1. The summed E-state index contributed by atoms with van der Waals surface area (Å²) in [5.41, 5.74) is 0.979. The smallest absolute Gasteiger partial charge is 0.221 e. The van der Waals surface area contributed by atoms with Crippen LogP contribution in [0.3, 0.4) is 0 Å². The van der Waals surface area contributed by atoms with E-state index in [9.17, 15) is 4.79 Å². The van der Waals surface area contributed by atoms with E-state index in [-0.39, 0.29) is 5.91 Å². The quantitative estimate of drug-likeness (QED) is 0.807. The minimum atomic E-state index is 0.0332. The molecule has 2 N–H and O–H groups in total. The van der Waals surface area contributed by atoms with Gasteiger partial charge in [0.15, 0.2) is 10.6 Å². The Hall–Kier alpha value is -1.95. The fraction of sp³-hybridized carbons (Fsp3) is 0.400. The molecule has 0 atom stereocenters. The molecule has 21 heavy (non-hydrogen) atoms. The lowest BCUT2D eigenvalue weighted by molar-refractivity contribution is -0.121. The SMILES string of the molecule is CC(C)CNC(=O)CCn1c(-c2ccccc2)n[nH]c1=S. The topological polar surface area (TPSA) is 62.7 Å². The summed E-state index contributed by atoms with van der Waals surface area (Å²) in [5.74, 6) is 1.24. The van der Waals surface area contributed by atoms with Crippen molar-refractivity contribution in [3.8, 4) is 11.4 Å². The number of rotatable bonds is 6. The molecule has 0 unspecified atom stereocenters. The first kappa shape index (κ1) is 15.4. The van der Waals surface area contributed by atoms with E-state index in [1.165, 1.54) is 0 Å². The highest BCUT2D eigenvalue weighted by molar-refractivity contribution is 7.71. The van der Waals surface area contributed by atoms with E-state index in [0.717, 1.165) is 11.4 Å². The van der Waals surface area contributed by atoms with Gasteiger partial charge in [-0.25, -0.2) is 0 Å². The van der Waals surface area contributed by atoms with Crippen molar-refractivity contribution in [2.45, 2.75) is 26.8 Å². The van der Waals surface area contributed by atoms with Gasteiger partial charge in [-0.1, -0.05) is 44.2 Å². The van der Waals surface area contributed by atoms with Crippen LogP contribution in [0.1, 0.15) is 20.3 Å². The van der Waals surface area contributed by atoms with Crippen LogP contribution in [-0.4, -0.2) is 27.2 Å². The van der Waals surface area contributed by atoms with Crippen molar-refractivity contribution in [1.29, 1.82) is 0 Å². The summed E-state index contributed by atoms with van der Waals surface area (Å²) in [6.07, 6.45) is 0.389. The Labute approximate surface area is 129 Å². The van der Waals surface area contributed by atoms with Crippen LogP contribution in [0.2, 0.25) is 0 Å². The Balaban J connectivity index is 2.06. The summed E-state index contributed by atoms with van der Waals surface area (Å²) in [5, 5.41) is 9.95. The Morgan fingerprint density at radius 1 is 1.38 bits per heavy atom. The molecule has 0 aliphatic rings. The number of H-pyrrole nitrogens is 1. The van der Waals surface area contributed by atoms with Crippen molar-refractivity contribution in [2.75, 3.05) is 6.54 Å². The van der Waals surface area contributed by atoms with Crippen LogP contribution >= 0.6 is 12.2 Å². The highest BCUT2D eigenvalue weighted by Gasteiger charge is 2.10. The Morgan fingerprint density at radius 3 is 2.76 bits per heavy atom. The normalized spacial score (nSPS) is 10.8. The Bertz CT molecular complexity index is 645. The molecule has 5 nitrogen and oxygen atoms in total. The first-order chi connectivity index (χ1) is 10.1. The Morgan fingerprint density at radius 2 is 2.10 bits per heavy atom.